The summed E-state index contributed by atoms with van der Waals surface area (Å²) in [5.74, 6) is -0.838. The Bertz CT molecular complexity index is 299. The predicted molar refractivity (Wildman–Crippen MR) is 48.7 cm³/mol. The molecule has 1 nitrogen and oxygen atoms in total. The van der Waals surface area contributed by atoms with Crippen LogP contribution in [0.2, 0.25) is 0 Å². The van der Waals surface area contributed by atoms with Gasteiger partial charge in [-0.1, -0.05) is 12.1 Å². The first kappa shape index (κ1) is 11.0. The molecule has 0 saturated heterocycles. The van der Waals surface area contributed by atoms with E-state index >= 15 is 0 Å². The van der Waals surface area contributed by atoms with Crippen molar-refractivity contribution in [2.75, 3.05) is 6.54 Å². The van der Waals surface area contributed by atoms with Crippen LogP contribution < -0.4 is 5.73 Å². The number of aryl methyl sites for hydroxylation is 1. The van der Waals surface area contributed by atoms with Crippen molar-refractivity contribution in [2.45, 2.75) is 19.3 Å². The van der Waals surface area contributed by atoms with Crippen molar-refractivity contribution in [1.82, 2.24) is 0 Å². The van der Waals surface area contributed by atoms with Gasteiger partial charge in [0.25, 0.3) is 6.43 Å². The molecule has 0 aliphatic rings. The van der Waals surface area contributed by atoms with Gasteiger partial charge in [-0.15, -0.1) is 0 Å². The zero-order valence-corrected chi connectivity index (χ0v) is 7.64. The summed E-state index contributed by atoms with van der Waals surface area (Å²) in [7, 11) is 0. The van der Waals surface area contributed by atoms with Gasteiger partial charge in [-0.2, -0.15) is 0 Å². The highest BCUT2D eigenvalue weighted by Crippen LogP contribution is 2.26. The van der Waals surface area contributed by atoms with Gasteiger partial charge in [-0.05, 0) is 31.0 Å². The molecule has 2 N–H and O–H groups in total. The number of alkyl halides is 2. The van der Waals surface area contributed by atoms with E-state index in [1.807, 2.05) is 0 Å². The molecule has 78 valence electrons. The maximum absolute atomic E-state index is 13.0. The molecule has 0 amide bonds. The molecule has 0 heterocycles. The lowest BCUT2D eigenvalue weighted by Crippen LogP contribution is -2.04. The van der Waals surface area contributed by atoms with E-state index < -0.39 is 17.8 Å². The molecule has 0 fully saturated rings. The van der Waals surface area contributed by atoms with Crippen molar-refractivity contribution in [3.63, 3.8) is 0 Å². The van der Waals surface area contributed by atoms with E-state index in [9.17, 15) is 13.2 Å². The predicted octanol–water partition coefficient (Wildman–Crippen LogP) is 2.65. The topological polar surface area (TPSA) is 26.0 Å². The second-order valence-corrected chi connectivity index (χ2v) is 3.01. The third-order valence-corrected chi connectivity index (χ3v) is 2.01. The molecule has 0 aliphatic carbocycles. The fraction of sp³-hybridized carbons (Fsp3) is 0.400. The van der Waals surface area contributed by atoms with Crippen LogP contribution in [0, 0.1) is 5.82 Å². The Hall–Kier alpha value is -1.03. The van der Waals surface area contributed by atoms with Crippen LogP contribution in [-0.2, 0) is 6.42 Å². The molecule has 0 aromatic heterocycles. The molecule has 0 atom stereocenters. The minimum absolute atomic E-state index is 0.352. The van der Waals surface area contributed by atoms with Crippen molar-refractivity contribution in [1.29, 1.82) is 0 Å². The molecule has 1 aromatic carbocycles. The Morgan fingerprint density at radius 3 is 2.57 bits per heavy atom. The molecule has 0 aliphatic heterocycles. The molecule has 0 unspecified atom stereocenters. The third kappa shape index (κ3) is 2.48. The summed E-state index contributed by atoms with van der Waals surface area (Å²) in [5.41, 5.74) is 5.13. The highest BCUT2D eigenvalue weighted by molar-refractivity contribution is 5.29. The van der Waals surface area contributed by atoms with Crippen molar-refractivity contribution in [3.8, 4) is 0 Å². The van der Waals surface area contributed by atoms with Gasteiger partial charge in [0, 0.05) is 0 Å². The van der Waals surface area contributed by atoms with E-state index in [1.54, 1.807) is 0 Å². The first-order valence-corrected chi connectivity index (χ1v) is 4.42. The Morgan fingerprint density at radius 1 is 1.29 bits per heavy atom. The monoisotopic (exact) mass is 203 g/mol. The number of benzene rings is 1. The minimum Gasteiger partial charge on any atom is -0.330 e. The van der Waals surface area contributed by atoms with Crippen molar-refractivity contribution < 1.29 is 13.2 Å². The summed E-state index contributed by atoms with van der Waals surface area (Å²) in [6.07, 6.45) is -1.78. The second kappa shape index (κ2) is 5.00. The average molecular weight is 203 g/mol. The summed E-state index contributed by atoms with van der Waals surface area (Å²) in [6.45, 7) is 0.416. The van der Waals surface area contributed by atoms with Crippen LogP contribution in [0.25, 0.3) is 0 Å². The maximum atomic E-state index is 13.0. The largest absolute Gasteiger partial charge is 0.330 e. The first-order chi connectivity index (χ1) is 6.66. The van der Waals surface area contributed by atoms with E-state index in [4.69, 9.17) is 5.73 Å². The third-order valence-electron chi connectivity index (χ3n) is 2.01. The number of hydrogen-bond donors (Lipinski definition) is 1. The lowest BCUT2D eigenvalue weighted by Gasteiger charge is -2.08. The Labute approximate surface area is 80.7 Å². The number of rotatable bonds is 4. The van der Waals surface area contributed by atoms with Crippen LogP contribution in [0.1, 0.15) is 24.0 Å². The summed E-state index contributed by atoms with van der Waals surface area (Å²) in [4.78, 5) is 0. The van der Waals surface area contributed by atoms with Gasteiger partial charge in [0.2, 0.25) is 0 Å². The molecule has 4 heteroatoms. The molecular formula is C10H12F3N. The molecule has 14 heavy (non-hydrogen) atoms. The Morgan fingerprint density at radius 2 is 2.00 bits per heavy atom. The molecule has 0 radical (unpaired) electrons. The second-order valence-electron chi connectivity index (χ2n) is 3.01. The summed E-state index contributed by atoms with van der Waals surface area (Å²) >= 11 is 0. The quantitative estimate of drug-likeness (QED) is 0.799. The van der Waals surface area contributed by atoms with Gasteiger partial charge in [0.15, 0.2) is 0 Å². The summed E-state index contributed by atoms with van der Waals surface area (Å²) in [5, 5.41) is 0. The summed E-state index contributed by atoms with van der Waals surface area (Å²) < 4.78 is 37.9. The smallest absolute Gasteiger partial charge is 0.266 e. The minimum atomic E-state index is -2.76. The highest BCUT2D eigenvalue weighted by atomic mass is 19.3. The lowest BCUT2D eigenvalue weighted by molar-refractivity contribution is 0.145. The van der Waals surface area contributed by atoms with Crippen molar-refractivity contribution in [3.05, 3.63) is 35.1 Å². The van der Waals surface area contributed by atoms with Gasteiger partial charge in [-0.3, -0.25) is 0 Å². The van der Waals surface area contributed by atoms with Crippen LogP contribution in [-0.4, -0.2) is 6.54 Å². The Balaban J connectivity index is 2.96. The zero-order chi connectivity index (χ0) is 10.6. The molecule has 1 aromatic rings. The van der Waals surface area contributed by atoms with E-state index in [0.29, 0.717) is 24.9 Å². The van der Waals surface area contributed by atoms with Gasteiger partial charge in [-0.25, -0.2) is 13.2 Å². The molecular weight excluding hydrogens is 191 g/mol. The van der Waals surface area contributed by atoms with Crippen LogP contribution in [0.3, 0.4) is 0 Å². The standard InChI is InChI=1S/C10H12F3N/c11-8-5-1-3-7(4-2-6-14)9(8)10(12)13/h1,3,5,10H,2,4,6,14H2. The summed E-state index contributed by atoms with van der Waals surface area (Å²) in [6, 6.07) is 4.00. The molecule has 1 rings (SSSR count). The lowest BCUT2D eigenvalue weighted by atomic mass is 10.0. The maximum Gasteiger partial charge on any atom is 0.266 e. The zero-order valence-electron chi connectivity index (χ0n) is 7.64. The Kier molecular flexibility index (Phi) is 3.95. The molecule has 0 spiro atoms. The van der Waals surface area contributed by atoms with Gasteiger partial charge >= 0.3 is 0 Å². The normalized spacial score (nSPS) is 10.9. The van der Waals surface area contributed by atoms with Crippen LogP contribution >= 0.6 is 0 Å². The van der Waals surface area contributed by atoms with Crippen LogP contribution in [0.4, 0.5) is 13.2 Å². The van der Waals surface area contributed by atoms with Gasteiger partial charge < -0.3 is 5.73 Å². The van der Waals surface area contributed by atoms with Crippen molar-refractivity contribution in [2.24, 2.45) is 5.73 Å². The molecule has 0 bridgehead atoms. The first-order valence-electron chi connectivity index (χ1n) is 4.42. The van der Waals surface area contributed by atoms with Crippen LogP contribution in [0.5, 0.6) is 0 Å². The van der Waals surface area contributed by atoms with E-state index in [2.05, 4.69) is 0 Å². The van der Waals surface area contributed by atoms with E-state index in [1.165, 1.54) is 12.1 Å². The fourth-order valence-electron chi connectivity index (χ4n) is 1.34. The van der Waals surface area contributed by atoms with Crippen LogP contribution in [0.15, 0.2) is 18.2 Å². The van der Waals surface area contributed by atoms with Gasteiger partial charge in [0.1, 0.15) is 5.82 Å². The highest BCUT2D eigenvalue weighted by Gasteiger charge is 2.17. The number of halogens is 3. The number of hydrogen-bond acceptors (Lipinski definition) is 1. The average Bonchev–Trinajstić information content (AvgIpc) is 2.14. The van der Waals surface area contributed by atoms with Crippen molar-refractivity contribution >= 4 is 0 Å². The van der Waals surface area contributed by atoms with E-state index in [0.717, 1.165) is 6.07 Å². The molecule has 0 saturated carbocycles. The number of nitrogens with two attached hydrogens (primary N) is 1. The SMILES string of the molecule is NCCCc1cccc(F)c1C(F)F. The fourth-order valence-corrected chi connectivity index (χ4v) is 1.34. The van der Waals surface area contributed by atoms with E-state index in [-0.39, 0.29) is 0 Å². The van der Waals surface area contributed by atoms with Gasteiger partial charge in [0.05, 0.1) is 5.56 Å².